The molecule has 0 heterocycles. The lowest BCUT2D eigenvalue weighted by atomic mass is 10.3. The summed E-state index contributed by atoms with van der Waals surface area (Å²) in [5, 5.41) is 6.23. The molecule has 0 saturated heterocycles. The second-order valence-corrected chi connectivity index (χ2v) is 7.39. The molecule has 0 radical (unpaired) electrons. The lowest BCUT2D eigenvalue weighted by molar-refractivity contribution is 0.229. The molecule has 0 fully saturated rings. The number of nitrogens with one attached hydrogen (secondary N) is 3. The number of aliphatic imine (C=N–C) groups is 1. The third-order valence-corrected chi connectivity index (χ3v) is 3.72. The van der Waals surface area contributed by atoms with E-state index in [1.165, 1.54) is 12.1 Å². The highest BCUT2D eigenvalue weighted by Gasteiger charge is 2.05. The van der Waals surface area contributed by atoms with E-state index < -0.39 is 10.0 Å². The van der Waals surface area contributed by atoms with Gasteiger partial charge >= 0.3 is 0 Å². The van der Waals surface area contributed by atoms with Crippen LogP contribution in [0.5, 0.6) is 5.75 Å². The standard InChI is InChI=1S/C16H27FN4O3S/c1-4-18-16(19-9-6-10-21-25(3,22)23)20-12-13(2)24-15-8-5-7-14(17)11-15/h5,7-8,11,13,21H,4,6,9-10,12H2,1-3H3,(H2,18,19,20). The van der Waals surface area contributed by atoms with E-state index in [0.29, 0.717) is 44.3 Å². The van der Waals surface area contributed by atoms with Crippen LogP contribution in [-0.4, -0.2) is 52.9 Å². The third kappa shape index (κ3) is 10.6. The fourth-order valence-corrected chi connectivity index (χ4v) is 2.44. The van der Waals surface area contributed by atoms with Crippen LogP contribution < -0.4 is 20.1 Å². The maximum absolute atomic E-state index is 13.1. The number of hydrogen-bond acceptors (Lipinski definition) is 4. The molecule has 0 aliphatic carbocycles. The van der Waals surface area contributed by atoms with Crippen molar-refractivity contribution in [1.82, 2.24) is 15.4 Å². The molecule has 1 rings (SSSR count). The number of guanidine groups is 1. The Morgan fingerprint density at radius 3 is 2.72 bits per heavy atom. The molecule has 0 aromatic heterocycles. The Kier molecular flexibility index (Phi) is 9.22. The average Bonchev–Trinajstić information content (AvgIpc) is 2.51. The fraction of sp³-hybridized carbons (Fsp3) is 0.562. The lowest BCUT2D eigenvalue weighted by Gasteiger charge is -2.15. The Hall–Kier alpha value is -1.87. The van der Waals surface area contributed by atoms with Gasteiger partial charge in [-0.05, 0) is 32.4 Å². The molecule has 9 heteroatoms. The Morgan fingerprint density at radius 1 is 1.32 bits per heavy atom. The van der Waals surface area contributed by atoms with Gasteiger partial charge in [0.2, 0.25) is 10.0 Å². The number of benzene rings is 1. The molecule has 7 nitrogen and oxygen atoms in total. The molecular weight excluding hydrogens is 347 g/mol. The van der Waals surface area contributed by atoms with Crippen molar-refractivity contribution in [3.63, 3.8) is 0 Å². The Labute approximate surface area is 149 Å². The van der Waals surface area contributed by atoms with Gasteiger partial charge in [0.15, 0.2) is 5.96 Å². The number of rotatable bonds is 10. The maximum Gasteiger partial charge on any atom is 0.208 e. The van der Waals surface area contributed by atoms with Gasteiger partial charge in [-0.25, -0.2) is 22.5 Å². The first-order valence-corrected chi connectivity index (χ1v) is 10.1. The first-order chi connectivity index (χ1) is 11.8. The van der Waals surface area contributed by atoms with Gasteiger partial charge in [-0.3, -0.25) is 0 Å². The monoisotopic (exact) mass is 374 g/mol. The van der Waals surface area contributed by atoms with E-state index in [-0.39, 0.29) is 11.9 Å². The molecule has 0 aliphatic heterocycles. The summed E-state index contributed by atoms with van der Waals surface area (Å²) in [6, 6.07) is 5.98. The van der Waals surface area contributed by atoms with E-state index in [2.05, 4.69) is 20.3 Å². The molecule has 0 spiro atoms. The fourth-order valence-electron chi connectivity index (χ4n) is 1.92. The van der Waals surface area contributed by atoms with E-state index in [1.807, 2.05) is 13.8 Å². The summed E-state index contributed by atoms with van der Waals surface area (Å²) in [5.41, 5.74) is 0. The number of nitrogens with zero attached hydrogens (tertiary/aromatic N) is 1. The summed E-state index contributed by atoms with van der Waals surface area (Å²) < 4.78 is 43.1. The first-order valence-electron chi connectivity index (χ1n) is 8.19. The van der Waals surface area contributed by atoms with Crippen LogP contribution in [0.15, 0.2) is 29.3 Å². The highest BCUT2D eigenvalue weighted by Crippen LogP contribution is 2.13. The van der Waals surface area contributed by atoms with Crippen LogP contribution >= 0.6 is 0 Å². The predicted molar refractivity (Wildman–Crippen MR) is 97.9 cm³/mol. The zero-order valence-corrected chi connectivity index (χ0v) is 15.7. The minimum atomic E-state index is -3.16. The van der Waals surface area contributed by atoms with Gasteiger partial charge in [0.05, 0.1) is 12.8 Å². The smallest absolute Gasteiger partial charge is 0.208 e. The number of hydrogen-bond donors (Lipinski definition) is 3. The highest BCUT2D eigenvalue weighted by molar-refractivity contribution is 7.88. The van der Waals surface area contributed by atoms with Crippen molar-refractivity contribution in [1.29, 1.82) is 0 Å². The molecule has 0 aliphatic rings. The first kappa shape index (κ1) is 21.2. The van der Waals surface area contributed by atoms with Crippen molar-refractivity contribution in [3.8, 4) is 5.75 Å². The van der Waals surface area contributed by atoms with Crippen molar-refractivity contribution in [2.24, 2.45) is 4.99 Å². The number of halogens is 1. The van der Waals surface area contributed by atoms with Crippen molar-refractivity contribution in [3.05, 3.63) is 30.1 Å². The number of ether oxygens (including phenoxy) is 1. The summed E-state index contributed by atoms with van der Waals surface area (Å²) >= 11 is 0. The normalized spacial score (nSPS) is 13.4. The van der Waals surface area contributed by atoms with Crippen LogP contribution in [-0.2, 0) is 10.0 Å². The van der Waals surface area contributed by atoms with Crippen molar-refractivity contribution >= 4 is 16.0 Å². The molecule has 142 valence electrons. The number of sulfonamides is 1. The molecule has 25 heavy (non-hydrogen) atoms. The summed E-state index contributed by atoms with van der Waals surface area (Å²) in [6.07, 6.45) is 1.54. The maximum atomic E-state index is 13.1. The van der Waals surface area contributed by atoms with Crippen molar-refractivity contribution < 1.29 is 17.5 Å². The topological polar surface area (TPSA) is 91.8 Å². The molecule has 0 amide bonds. The van der Waals surface area contributed by atoms with Gasteiger partial charge in [0, 0.05) is 25.7 Å². The molecule has 1 unspecified atom stereocenters. The van der Waals surface area contributed by atoms with Crippen LogP contribution in [0.2, 0.25) is 0 Å². The molecule has 0 bridgehead atoms. The third-order valence-electron chi connectivity index (χ3n) is 2.99. The molecular formula is C16H27FN4O3S. The zero-order chi connectivity index (χ0) is 18.7. The van der Waals surface area contributed by atoms with Gasteiger partial charge in [-0.15, -0.1) is 0 Å². The van der Waals surface area contributed by atoms with E-state index in [4.69, 9.17) is 4.74 Å². The van der Waals surface area contributed by atoms with Gasteiger partial charge in [-0.2, -0.15) is 0 Å². The Bertz CT molecular complexity index is 653. The second kappa shape index (κ2) is 10.9. The van der Waals surface area contributed by atoms with Gasteiger partial charge in [0.25, 0.3) is 0 Å². The minimum Gasteiger partial charge on any atom is -0.489 e. The van der Waals surface area contributed by atoms with E-state index in [1.54, 1.807) is 12.1 Å². The van der Waals surface area contributed by atoms with Crippen molar-refractivity contribution in [2.45, 2.75) is 26.4 Å². The summed E-state index contributed by atoms with van der Waals surface area (Å²) in [4.78, 5) is 4.42. The van der Waals surface area contributed by atoms with E-state index >= 15 is 0 Å². The minimum absolute atomic E-state index is 0.218. The molecule has 1 aromatic rings. The Balaban J connectivity index is 2.40. The summed E-state index contributed by atoms with van der Waals surface area (Å²) in [6.45, 7) is 5.85. The van der Waals surface area contributed by atoms with E-state index in [9.17, 15) is 12.8 Å². The highest BCUT2D eigenvalue weighted by atomic mass is 32.2. The summed E-state index contributed by atoms with van der Waals surface area (Å²) in [7, 11) is -3.16. The second-order valence-electron chi connectivity index (χ2n) is 5.55. The summed E-state index contributed by atoms with van der Waals surface area (Å²) in [5.74, 6) is 0.745. The zero-order valence-electron chi connectivity index (χ0n) is 14.9. The lowest BCUT2D eigenvalue weighted by Crippen LogP contribution is -2.39. The average molecular weight is 374 g/mol. The van der Waals surface area contributed by atoms with Crippen LogP contribution in [0, 0.1) is 5.82 Å². The molecule has 3 N–H and O–H groups in total. The Morgan fingerprint density at radius 2 is 2.08 bits per heavy atom. The molecule has 1 atom stereocenters. The van der Waals surface area contributed by atoms with Gasteiger partial charge < -0.3 is 15.4 Å². The molecule has 1 aromatic carbocycles. The van der Waals surface area contributed by atoms with E-state index in [0.717, 1.165) is 6.26 Å². The van der Waals surface area contributed by atoms with Crippen LogP contribution in [0.1, 0.15) is 20.3 Å². The van der Waals surface area contributed by atoms with Crippen LogP contribution in [0.4, 0.5) is 4.39 Å². The quantitative estimate of drug-likeness (QED) is 0.324. The SMILES string of the molecule is CCNC(=NCC(C)Oc1cccc(F)c1)NCCCNS(C)(=O)=O. The van der Waals surface area contributed by atoms with Gasteiger partial charge in [-0.1, -0.05) is 6.07 Å². The largest absolute Gasteiger partial charge is 0.489 e. The van der Waals surface area contributed by atoms with Crippen LogP contribution in [0.25, 0.3) is 0 Å². The van der Waals surface area contributed by atoms with Crippen molar-refractivity contribution in [2.75, 3.05) is 32.4 Å². The molecule has 0 saturated carbocycles. The van der Waals surface area contributed by atoms with Crippen LogP contribution in [0.3, 0.4) is 0 Å². The van der Waals surface area contributed by atoms with Gasteiger partial charge in [0.1, 0.15) is 17.7 Å². The predicted octanol–water partition coefficient (Wildman–Crippen LogP) is 1.09.